The number of morpholine rings is 1. The minimum absolute atomic E-state index is 0.185. The SMILES string of the molecule is COCC(CCCN)N1CCOCC1C(N)=O. The molecular formula is C11H23N3O3. The van der Waals surface area contributed by atoms with Crippen LogP contribution in [0.5, 0.6) is 0 Å². The van der Waals surface area contributed by atoms with Crippen LogP contribution in [-0.2, 0) is 14.3 Å². The lowest BCUT2D eigenvalue weighted by Crippen LogP contribution is -2.57. The van der Waals surface area contributed by atoms with Crippen molar-refractivity contribution >= 4 is 5.91 Å². The number of rotatable bonds is 7. The molecule has 100 valence electrons. The molecular weight excluding hydrogens is 222 g/mol. The van der Waals surface area contributed by atoms with E-state index in [-0.39, 0.29) is 18.0 Å². The van der Waals surface area contributed by atoms with Crippen molar-refractivity contribution < 1.29 is 14.3 Å². The Hall–Kier alpha value is -0.690. The first-order valence-corrected chi connectivity index (χ1v) is 6.02. The molecule has 1 saturated heterocycles. The predicted molar refractivity (Wildman–Crippen MR) is 64.5 cm³/mol. The van der Waals surface area contributed by atoms with Crippen LogP contribution in [0.1, 0.15) is 12.8 Å². The predicted octanol–water partition coefficient (Wildman–Crippen LogP) is -1.07. The van der Waals surface area contributed by atoms with Crippen LogP contribution in [0.4, 0.5) is 0 Å². The van der Waals surface area contributed by atoms with Gasteiger partial charge in [0, 0.05) is 19.7 Å². The minimum Gasteiger partial charge on any atom is -0.383 e. The van der Waals surface area contributed by atoms with E-state index in [0.717, 1.165) is 12.8 Å². The van der Waals surface area contributed by atoms with Gasteiger partial charge in [0.15, 0.2) is 0 Å². The maximum absolute atomic E-state index is 11.4. The second-order valence-corrected chi connectivity index (χ2v) is 4.27. The standard InChI is InChI=1S/C11H23N3O3/c1-16-7-9(3-2-4-12)14-5-6-17-8-10(14)11(13)15/h9-10H,2-8,12H2,1H3,(H2,13,15). The van der Waals surface area contributed by atoms with Crippen molar-refractivity contribution in [1.82, 2.24) is 4.90 Å². The Kier molecular flexibility index (Phi) is 6.43. The van der Waals surface area contributed by atoms with Crippen LogP contribution in [0.2, 0.25) is 0 Å². The van der Waals surface area contributed by atoms with Crippen LogP contribution in [0, 0.1) is 0 Å². The fourth-order valence-corrected chi connectivity index (χ4v) is 2.19. The average molecular weight is 245 g/mol. The normalized spacial score (nSPS) is 23.5. The van der Waals surface area contributed by atoms with Crippen molar-refractivity contribution in [2.45, 2.75) is 24.9 Å². The van der Waals surface area contributed by atoms with E-state index >= 15 is 0 Å². The van der Waals surface area contributed by atoms with Gasteiger partial charge in [0.25, 0.3) is 0 Å². The fraction of sp³-hybridized carbons (Fsp3) is 0.909. The van der Waals surface area contributed by atoms with E-state index in [1.54, 1.807) is 7.11 Å². The van der Waals surface area contributed by atoms with Gasteiger partial charge >= 0.3 is 0 Å². The summed E-state index contributed by atoms with van der Waals surface area (Å²) in [6.07, 6.45) is 1.82. The van der Waals surface area contributed by atoms with Crippen LogP contribution in [0.15, 0.2) is 0 Å². The molecule has 1 rings (SSSR count). The molecule has 0 aromatic rings. The van der Waals surface area contributed by atoms with Gasteiger partial charge in [0.1, 0.15) is 6.04 Å². The molecule has 6 heteroatoms. The number of hydrogen-bond donors (Lipinski definition) is 2. The number of methoxy groups -OCH3 is 1. The lowest BCUT2D eigenvalue weighted by Gasteiger charge is -2.39. The summed E-state index contributed by atoms with van der Waals surface area (Å²) in [5, 5.41) is 0. The summed E-state index contributed by atoms with van der Waals surface area (Å²) in [6.45, 7) is 2.95. The molecule has 1 aliphatic heterocycles. The van der Waals surface area contributed by atoms with Crippen LogP contribution in [0.3, 0.4) is 0 Å². The molecule has 4 N–H and O–H groups in total. The van der Waals surface area contributed by atoms with Crippen LogP contribution in [-0.4, -0.2) is 62.9 Å². The summed E-state index contributed by atoms with van der Waals surface area (Å²) in [7, 11) is 1.66. The molecule has 0 aromatic carbocycles. The molecule has 1 amide bonds. The summed E-state index contributed by atoms with van der Waals surface area (Å²) in [4.78, 5) is 13.5. The van der Waals surface area contributed by atoms with Crippen molar-refractivity contribution in [1.29, 1.82) is 0 Å². The molecule has 1 heterocycles. The molecule has 1 aliphatic rings. The van der Waals surface area contributed by atoms with E-state index in [1.807, 2.05) is 0 Å². The number of primary amides is 1. The Balaban J connectivity index is 2.63. The summed E-state index contributed by atoms with van der Waals surface area (Å²) >= 11 is 0. The quantitative estimate of drug-likeness (QED) is 0.596. The molecule has 0 spiro atoms. The third kappa shape index (κ3) is 4.23. The van der Waals surface area contributed by atoms with Crippen molar-refractivity contribution in [2.24, 2.45) is 11.5 Å². The number of carbonyl (C=O) groups is 1. The lowest BCUT2D eigenvalue weighted by molar-refractivity contribution is -0.132. The summed E-state index contributed by atoms with van der Waals surface area (Å²) in [5.41, 5.74) is 10.9. The van der Waals surface area contributed by atoms with E-state index in [4.69, 9.17) is 20.9 Å². The second-order valence-electron chi connectivity index (χ2n) is 4.27. The molecule has 0 aliphatic carbocycles. The molecule has 2 unspecified atom stereocenters. The summed E-state index contributed by atoms with van der Waals surface area (Å²) in [5.74, 6) is -0.335. The van der Waals surface area contributed by atoms with Gasteiger partial charge in [-0.15, -0.1) is 0 Å². The molecule has 0 saturated carbocycles. The number of amides is 1. The van der Waals surface area contributed by atoms with Crippen LogP contribution < -0.4 is 11.5 Å². The largest absolute Gasteiger partial charge is 0.383 e. The first-order chi connectivity index (χ1) is 8.20. The maximum Gasteiger partial charge on any atom is 0.237 e. The Bertz CT molecular complexity index is 238. The van der Waals surface area contributed by atoms with E-state index in [1.165, 1.54) is 0 Å². The highest BCUT2D eigenvalue weighted by Gasteiger charge is 2.32. The number of nitrogens with zero attached hydrogens (tertiary/aromatic N) is 1. The van der Waals surface area contributed by atoms with E-state index in [2.05, 4.69) is 4.90 Å². The lowest BCUT2D eigenvalue weighted by atomic mass is 10.1. The first-order valence-electron chi connectivity index (χ1n) is 6.02. The highest BCUT2D eigenvalue weighted by atomic mass is 16.5. The summed E-state index contributed by atoms with van der Waals surface area (Å²) < 4.78 is 10.5. The zero-order valence-electron chi connectivity index (χ0n) is 10.4. The maximum atomic E-state index is 11.4. The van der Waals surface area contributed by atoms with Crippen LogP contribution in [0.25, 0.3) is 0 Å². The van der Waals surface area contributed by atoms with Crippen LogP contribution >= 0.6 is 0 Å². The van der Waals surface area contributed by atoms with E-state index < -0.39 is 0 Å². The van der Waals surface area contributed by atoms with Crippen molar-refractivity contribution in [3.8, 4) is 0 Å². The Morgan fingerprint density at radius 3 is 3.00 bits per heavy atom. The van der Waals surface area contributed by atoms with Crippen molar-refractivity contribution in [2.75, 3.05) is 40.0 Å². The molecule has 17 heavy (non-hydrogen) atoms. The van der Waals surface area contributed by atoms with Gasteiger partial charge in [0.2, 0.25) is 5.91 Å². The number of ether oxygens (including phenoxy) is 2. The highest BCUT2D eigenvalue weighted by Crippen LogP contribution is 2.15. The molecule has 0 radical (unpaired) electrons. The van der Waals surface area contributed by atoms with Gasteiger partial charge in [0.05, 0.1) is 19.8 Å². The van der Waals surface area contributed by atoms with Gasteiger partial charge in [-0.3, -0.25) is 9.69 Å². The third-order valence-electron chi connectivity index (χ3n) is 3.07. The van der Waals surface area contributed by atoms with Gasteiger partial charge in [-0.1, -0.05) is 0 Å². The van der Waals surface area contributed by atoms with Crippen molar-refractivity contribution in [3.05, 3.63) is 0 Å². The minimum atomic E-state index is -0.346. The zero-order valence-corrected chi connectivity index (χ0v) is 10.4. The van der Waals surface area contributed by atoms with E-state index in [9.17, 15) is 4.79 Å². The molecule has 1 fully saturated rings. The molecule has 6 nitrogen and oxygen atoms in total. The van der Waals surface area contributed by atoms with Gasteiger partial charge in [-0.25, -0.2) is 0 Å². The molecule has 0 aromatic heterocycles. The number of carbonyl (C=O) groups excluding carboxylic acids is 1. The van der Waals surface area contributed by atoms with Crippen molar-refractivity contribution in [3.63, 3.8) is 0 Å². The molecule has 2 atom stereocenters. The van der Waals surface area contributed by atoms with Gasteiger partial charge < -0.3 is 20.9 Å². The average Bonchev–Trinajstić information content (AvgIpc) is 2.34. The Morgan fingerprint density at radius 1 is 1.65 bits per heavy atom. The summed E-state index contributed by atoms with van der Waals surface area (Å²) in [6, 6.07) is -0.161. The number of nitrogens with two attached hydrogens (primary N) is 2. The highest BCUT2D eigenvalue weighted by molar-refractivity contribution is 5.80. The third-order valence-corrected chi connectivity index (χ3v) is 3.07. The Labute approximate surface area is 102 Å². The first kappa shape index (κ1) is 14.4. The fourth-order valence-electron chi connectivity index (χ4n) is 2.19. The Morgan fingerprint density at radius 2 is 2.41 bits per heavy atom. The number of hydrogen-bond acceptors (Lipinski definition) is 5. The second kappa shape index (κ2) is 7.60. The topological polar surface area (TPSA) is 90.8 Å². The monoisotopic (exact) mass is 245 g/mol. The van der Waals surface area contributed by atoms with Gasteiger partial charge in [-0.2, -0.15) is 0 Å². The molecule has 0 bridgehead atoms. The zero-order chi connectivity index (χ0) is 12.7. The smallest absolute Gasteiger partial charge is 0.237 e. The van der Waals surface area contributed by atoms with Gasteiger partial charge in [-0.05, 0) is 19.4 Å². The van der Waals surface area contributed by atoms with E-state index in [0.29, 0.717) is 32.9 Å².